The Morgan fingerprint density at radius 2 is 1.96 bits per heavy atom. The van der Waals surface area contributed by atoms with Crippen molar-refractivity contribution in [1.29, 1.82) is 0 Å². The van der Waals surface area contributed by atoms with Crippen LogP contribution in [0.2, 0.25) is 0 Å². The Kier molecular flexibility index (Phi) is 8.53. The normalized spacial score (nSPS) is 11.1. The lowest BCUT2D eigenvalue weighted by atomic mass is 10.2. The summed E-state index contributed by atoms with van der Waals surface area (Å²) in [6, 6.07) is 12.4. The van der Waals surface area contributed by atoms with Crippen LogP contribution in [0, 0.1) is 6.92 Å². The number of rotatable bonds is 6. The lowest BCUT2D eigenvalue weighted by molar-refractivity contribution is 0.819. The molecule has 0 atom stereocenters. The van der Waals surface area contributed by atoms with Gasteiger partial charge in [-0.3, -0.25) is 0 Å². The average Bonchev–Trinajstić information content (AvgIpc) is 3.28. The zero-order valence-electron chi connectivity index (χ0n) is 14.9. The van der Waals surface area contributed by atoms with Crippen LogP contribution in [0.5, 0.6) is 0 Å². The van der Waals surface area contributed by atoms with Crippen LogP contribution < -0.4 is 10.6 Å². The van der Waals surface area contributed by atoms with E-state index in [1.165, 1.54) is 16.0 Å². The topological polar surface area (TPSA) is 49.3 Å². The number of hydrogen-bond donors (Lipinski definition) is 2. The summed E-state index contributed by atoms with van der Waals surface area (Å²) in [7, 11) is 0. The number of guanidine groups is 1. The highest BCUT2D eigenvalue weighted by molar-refractivity contribution is 14.0. The maximum absolute atomic E-state index is 4.71. The maximum Gasteiger partial charge on any atom is 0.191 e. The molecule has 0 saturated carbocycles. The number of benzene rings is 1. The number of thiophene rings is 1. The summed E-state index contributed by atoms with van der Waals surface area (Å²) in [5.74, 6) is 0.836. The molecule has 3 rings (SSSR count). The minimum Gasteiger partial charge on any atom is -0.357 e. The van der Waals surface area contributed by atoms with Gasteiger partial charge in [-0.25, -0.2) is 9.98 Å². The van der Waals surface area contributed by atoms with E-state index in [1.807, 2.05) is 18.2 Å². The number of thiazole rings is 1. The molecule has 2 aromatic heterocycles. The van der Waals surface area contributed by atoms with Crippen molar-refractivity contribution in [1.82, 2.24) is 15.6 Å². The van der Waals surface area contributed by atoms with Gasteiger partial charge in [-0.15, -0.1) is 35.3 Å². The first-order chi connectivity index (χ1) is 12.3. The van der Waals surface area contributed by atoms with E-state index in [0.29, 0.717) is 6.54 Å². The third-order valence-electron chi connectivity index (χ3n) is 3.67. The summed E-state index contributed by atoms with van der Waals surface area (Å²) in [6.07, 6.45) is 0. The highest BCUT2D eigenvalue weighted by Crippen LogP contribution is 2.27. The highest BCUT2D eigenvalue weighted by Gasteiger charge is 2.09. The fourth-order valence-corrected chi connectivity index (χ4v) is 4.02. The summed E-state index contributed by atoms with van der Waals surface area (Å²) in [5, 5.41) is 12.0. The van der Waals surface area contributed by atoms with E-state index in [1.54, 1.807) is 22.7 Å². The second-order valence-electron chi connectivity index (χ2n) is 5.57. The number of nitrogens with one attached hydrogen (secondary N) is 2. The molecule has 4 nitrogen and oxygen atoms in total. The van der Waals surface area contributed by atoms with Crippen molar-refractivity contribution in [2.45, 2.75) is 26.9 Å². The predicted octanol–water partition coefficient (Wildman–Crippen LogP) is 5.05. The Balaban J connectivity index is 0.00000243. The monoisotopic (exact) mass is 498 g/mol. The van der Waals surface area contributed by atoms with Crippen LogP contribution in [-0.2, 0) is 13.1 Å². The Bertz CT molecular complexity index is 813. The summed E-state index contributed by atoms with van der Waals surface area (Å²) in [4.78, 5) is 10.6. The molecule has 0 aliphatic carbocycles. The van der Waals surface area contributed by atoms with Gasteiger partial charge in [0.1, 0.15) is 5.01 Å². The van der Waals surface area contributed by atoms with Crippen LogP contribution in [0.25, 0.3) is 10.6 Å². The zero-order chi connectivity index (χ0) is 17.5. The van der Waals surface area contributed by atoms with Gasteiger partial charge in [0, 0.05) is 17.0 Å². The minimum absolute atomic E-state index is 0. The number of nitrogens with zero attached hydrogens (tertiary/aromatic N) is 2. The second kappa shape index (κ2) is 10.6. The zero-order valence-corrected chi connectivity index (χ0v) is 18.8. The smallest absolute Gasteiger partial charge is 0.191 e. The van der Waals surface area contributed by atoms with Crippen LogP contribution in [0.15, 0.2) is 52.2 Å². The largest absolute Gasteiger partial charge is 0.357 e. The SMILES string of the molecule is CCNC(=NCc1ccsc1)NCc1sc(-c2ccccc2)nc1C.I. The minimum atomic E-state index is 0. The summed E-state index contributed by atoms with van der Waals surface area (Å²) in [5.41, 5.74) is 3.48. The molecular formula is C19H23IN4S2. The molecule has 0 saturated heterocycles. The van der Waals surface area contributed by atoms with Crippen molar-refractivity contribution in [3.8, 4) is 10.6 Å². The van der Waals surface area contributed by atoms with Crippen LogP contribution in [-0.4, -0.2) is 17.5 Å². The molecule has 7 heteroatoms. The van der Waals surface area contributed by atoms with E-state index in [0.717, 1.165) is 29.8 Å². The molecule has 26 heavy (non-hydrogen) atoms. The molecular weight excluding hydrogens is 475 g/mol. The second-order valence-corrected chi connectivity index (χ2v) is 7.44. The van der Waals surface area contributed by atoms with Crippen molar-refractivity contribution in [2.75, 3.05) is 6.54 Å². The molecule has 138 valence electrons. The van der Waals surface area contributed by atoms with E-state index in [2.05, 4.69) is 58.4 Å². The molecule has 3 aromatic rings. The van der Waals surface area contributed by atoms with Gasteiger partial charge in [0.25, 0.3) is 0 Å². The van der Waals surface area contributed by atoms with Crippen molar-refractivity contribution < 1.29 is 0 Å². The first kappa shape index (κ1) is 20.9. The molecule has 1 aromatic carbocycles. The van der Waals surface area contributed by atoms with Crippen molar-refractivity contribution in [3.05, 3.63) is 63.3 Å². The number of aryl methyl sites for hydroxylation is 1. The first-order valence-corrected chi connectivity index (χ1v) is 10.1. The van der Waals surface area contributed by atoms with Crippen molar-refractivity contribution in [2.24, 2.45) is 4.99 Å². The third kappa shape index (κ3) is 5.78. The Morgan fingerprint density at radius 1 is 1.15 bits per heavy atom. The van der Waals surface area contributed by atoms with Crippen LogP contribution in [0.4, 0.5) is 0 Å². The molecule has 0 fully saturated rings. The average molecular weight is 498 g/mol. The standard InChI is InChI=1S/C19H22N4S2.HI/c1-3-20-19(21-11-15-9-10-24-13-15)22-12-17-14(2)23-18(25-17)16-7-5-4-6-8-16;/h4-10,13H,3,11-12H2,1-2H3,(H2,20,21,22);1H. The van der Waals surface area contributed by atoms with Gasteiger partial charge in [0.05, 0.1) is 18.8 Å². The highest BCUT2D eigenvalue weighted by atomic mass is 127. The van der Waals surface area contributed by atoms with Crippen LogP contribution in [0.1, 0.15) is 23.1 Å². The van der Waals surface area contributed by atoms with Gasteiger partial charge in [0.2, 0.25) is 0 Å². The molecule has 2 N–H and O–H groups in total. The lowest BCUT2D eigenvalue weighted by Gasteiger charge is -2.10. The summed E-state index contributed by atoms with van der Waals surface area (Å²) >= 11 is 3.43. The maximum atomic E-state index is 4.71. The first-order valence-electron chi connectivity index (χ1n) is 8.31. The number of aliphatic imine (C=N–C) groups is 1. The van der Waals surface area contributed by atoms with Gasteiger partial charge in [0.15, 0.2) is 5.96 Å². The van der Waals surface area contributed by atoms with Crippen LogP contribution >= 0.6 is 46.7 Å². The summed E-state index contributed by atoms with van der Waals surface area (Å²) < 4.78 is 0. The van der Waals surface area contributed by atoms with Crippen molar-refractivity contribution >= 4 is 52.6 Å². The fraction of sp³-hybridized carbons (Fsp3) is 0.263. The Morgan fingerprint density at radius 3 is 2.65 bits per heavy atom. The van der Waals surface area contributed by atoms with Gasteiger partial charge in [-0.05, 0) is 36.2 Å². The van der Waals surface area contributed by atoms with E-state index < -0.39 is 0 Å². The molecule has 0 unspecified atom stereocenters. The lowest BCUT2D eigenvalue weighted by Crippen LogP contribution is -2.36. The quantitative estimate of drug-likeness (QED) is 0.284. The molecule has 0 radical (unpaired) electrons. The summed E-state index contributed by atoms with van der Waals surface area (Å²) in [6.45, 7) is 6.40. The van der Waals surface area contributed by atoms with Gasteiger partial charge in [-0.2, -0.15) is 11.3 Å². The molecule has 0 amide bonds. The predicted molar refractivity (Wildman–Crippen MR) is 124 cm³/mol. The van der Waals surface area contributed by atoms with Gasteiger partial charge < -0.3 is 10.6 Å². The Labute approximate surface area is 179 Å². The molecule has 0 bridgehead atoms. The van der Waals surface area contributed by atoms with Crippen LogP contribution in [0.3, 0.4) is 0 Å². The van der Waals surface area contributed by atoms with E-state index in [-0.39, 0.29) is 24.0 Å². The molecule has 0 aliphatic heterocycles. The van der Waals surface area contributed by atoms with Crippen molar-refractivity contribution in [3.63, 3.8) is 0 Å². The van der Waals surface area contributed by atoms with E-state index in [4.69, 9.17) is 4.98 Å². The van der Waals surface area contributed by atoms with Gasteiger partial charge >= 0.3 is 0 Å². The number of halogens is 1. The van der Waals surface area contributed by atoms with E-state index in [9.17, 15) is 0 Å². The van der Waals surface area contributed by atoms with E-state index >= 15 is 0 Å². The molecule has 0 aliphatic rings. The third-order valence-corrected chi connectivity index (χ3v) is 5.61. The Hall–Kier alpha value is -1.45. The molecule has 2 heterocycles. The fourth-order valence-electron chi connectivity index (χ4n) is 2.35. The van der Waals surface area contributed by atoms with Gasteiger partial charge in [-0.1, -0.05) is 30.3 Å². The number of aromatic nitrogens is 1. The molecule has 0 spiro atoms. The number of hydrogen-bond acceptors (Lipinski definition) is 4.